The summed E-state index contributed by atoms with van der Waals surface area (Å²) < 4.78 is 37.5. The molecule has 0 aliphatic carbocycles. The first-order valence-corrected chi connectivity index (χ1v) is 11.3. The summed E-state index contributed by atoms with van der Waals surface area (Å²) in [4.78, 5) is 23.2. The van der Waals surface area contributed by atoms with E-state index in [1.54, 1.807) is 23.3 Å². The summed E-state index contributed by atoms with van der Waals surface area (Å²) in [6.45, 7) is 6.30. The van der Waals surface area contributed by atoms with Crippen LogP contribution in [0.25, 0.3) is 11.1 Å². The fraction of sp³-hybridized carbons (Fsp3) is 0.478. The van der Waals surface area contributed by atoms with E-state index in [-0.39, 0.29) is 12.2 Å². The van der Waals surface area contributed by atoms with Crippen LogP contribution >= 0.6 is 11.3 Å². The van der Waals surface area contributed by atoms with E-state index in [1.165, 1.54) is 12.8 Å². The van der Waals surface area contributed by atoms with Gasteiger partial charge in [-0.05, 0) is 60.2 Å². The van der Waals surface area contributed by atoms with Gasteiger partial charge in [-0.1, -0.05) is 38.8 Å². The molecular weight excluding hydrogens is 443 g/mol. The minimum Gasteiger partial charge on any atom is -0.475 e. The predicted molar refractivity (Wildman–Crippen MR) is 121 cm³/mol. The van der Waals surface area contributed by atoms with Crippen molar-refractivity contribution < 1.29 is 32.6 Å². The molecule has 1 unspecified atom stereocenters. The quantitative estimate of drug-likeness (QED) is 0.409. The minimum atomic E-state index is -5.08. The molecule has 1 aromatic carbocycles. The molecule has 1 atom stereocenters. The molecule has 9 heteroatoms. The van der Waals surface area contributed by atoms with Crippen LogP contribution in [-0.2, 0) is 9.53 Å². The predicted octanol–water partition coefficient (Wildman–Crippen LogP) is 7.29. The van der Waals surface area contributed by atoms with Crippen molar-refractivity contribution in [2.75, 3.05) is 11.9 Å². The van der Waals surface area contributed by atoms with Crippen LogP contribution in [0, 0.1) is 6.92 Å². The molecule has 1 N–H and O–H groups in total. The summed E-state index contributed by atoms with van der Waals surface area (Å²) in [5.41, 5.74) is 4.22. The van der Waals surface area contributed by atoms with Crippen LogP contribution in [-0.4, -0.2) is 36.5 Å². The molecule has 0 radical (unpaired) electrons. The lowest BCUT2D eigenvalue weighted by Gasteiger charge is -2.24. The van der Waals surface area contributed by atoms with Gasteiger partial charge in [-0.3, -0.25) is 4.90 Å². The highest BCUT2D eigenvalue weighted by Crippen LogP contribution is 2.33. The summed E-state index contributed by atoms with van der Waals surface area (Å²) in [6.07, 6.45) is -0.0941. The van der Waals surface area contributed by atoms with Crippen LogP contribution in [0.3, 0.4) is 0 Å². The number of rotatable bonds is 8. The summed E-state index contributed by atoms with van der Waals surface area (Å²) in [5, 5.41) is 11.3. The molecule has 0 bridgehead atoms. The monoisotopic (exact) mass is 473 g/mol. The van der Waals surface area contributed by atoms with Gasteiger partial charge in [-0.15, -0.1) is 0 Å². The maximum atomic E-state index is 12.7. The first-order valence-electron chi connectivity index (χ1n) is 10.4. The lowest BCUT2D eigenvalue weighted by atomic mass is 10.0. The molecule has 0 saturated carbocycles. The first-order chi connectivity index (χ1) is 15.0. The van der Waals surface area contributed by atoms with Gasteiger partial charge in [0, 0.05) is 12.6 Å². The van der Waals surface area contributed by atoms with Crippen molar-refractivity contribution in [1.82, 2.24) is 0 Å². The fourth-order valence-electron chi connectivity index (χ4n) is 2.87. The van der Waals surface area contributed by atoms with Crippen molar-refractivity contribution in [3.05, 3.63) is 40.6 Å². The van der Waals surface area contributed by atoms with E-state index in [2.05, 4.69) is 42.8 Å². The number of hydrogen-bond acceptors (Lipinski definition) is 4. The molecule has 0 fully saturated rings. The standard InChI is InChI=1S/C21H29NO2S.C2HF3O2/c1-5-7-8-9-18(6-2)24-21(23)22(4)20-14-16(3)10-11-19(20)17-12-13-25-15-17;3-2(4,5)1(6)7/h10-15,18H,5-9H2,1-4H3;(H,6,7). The molecule has 178 valence electrons. The third kappa shape index (κ3) is 8.90. The van der Waals surface area contributed by atoms with Crippen molar-refractivity contribution in [2.24, 2.45) is 0 Å². The molecule has 1 aromatic heterocycles. The number of amides is 1. The van der Waals surface area contributed by atoms with E-state index >= 15 is 0 Å². The minimum absolute atomic E-state index is 0.00379. The maximum absolute atomic E-state index is 12.7. The molecule has 5 nitrogen and oxygen atoms in total. The molecule has 2 aromatic rings. The third-order valence-corrected chi connectivity index (χ3v) is 5.40. The number of hydrogen-bond donors (Lipinski definition) is 1. The topological polar surface area (TPSA) is 66.8 Å². The van der Waals surface area contributed by atoms with Crippen LogP contribution in [0.15, 0.2) is 35.0 Å². The highest BCUT2D eigenvalue weighted by atomic mass is 32.1. The summed E-state index contributed by atoms with van der Waals surface area (Å²) >= 11 is 1.66. The Labute approximate surface area is 190 Å². The Kier molecular flexibility index (Phi) is 11.3. The Morgan fingerprint density at radius 3 is 2.34 bits per heavy atom. The van der Waals surface area contributed by atoms with Crippen LogP contribution in [0.5, 0.6) is 0 Å². The number of ether oxygens (including phenoxy) is 1. The Balaban J connectivity index is 0.000000633. The molecule has 0 aliphatic rings. The smallest absolute Gasteiger partial charge is 0.475 e. The summed E-state index contributed by atoms with van der Waals surface area (Å²) in [6, 6.07) is 8.29. The average molecular weight is 474 g/mol. The molecule has 32 heavy (non-hydrogen) atoms. The second-order valence-corrected chi connectivity index (χ2v) is 8.08. The number of aliphatic carboxylic acids is 1. The number of carboxylic acids is 1. The maximum Gasteiger partial charge on any atom is 0.490 e. The van der Waals surface area contributed by atoms with Crippen LogP contribution in [0.1, 0.15) is 51.5 Å². The zero-order valence-corrected chi connectivity index (χ0v) is 19.6. The average Bonchev–Trinajstić information content (AvgIpc) is 3.26. The lowest BCUT2D eigenvalue weighted by molar-refractivity contribution is -0.192. The van der Waals surface area contributed by atoms with Crippen LogP contribution < -0.4 is 4.90 Å². The Hall–Kier alpha value is -2.55. The van der Waals surface area contributed by atoms with Gasteiger partial charge in [0.15, 0.2) is 0 Å². The van der Waals surface area contributed by atoms with Crippen LogP contribution in [0.2, 0.25) is 0 Å². The van der Waals surface area contributed by atoms with Gasteiger partial charge in [-0.2, -0.15) is 24.5 Å². The van der Waals surface area contributed by atoms with E-state index in [0.717, 1.165) is 41.6 Å². The van der Waals surface area contributed by atoms with Crippen molar-refractivity contribution >= 4 is 29.1 Å². The lowest BCUT2D eigenvalue weighted by Crippen LogP contribution is -2.31. The van der Waals surface area contributed by atoms with Gasteiger partial charge >= 0.3 is 18.2 Å². The number of halogens is 3. The number of carbonyl (C=O) groups is 2. The number of benzene rings is 1. The van der Waals surface area contributed by atoms with E-state index in [4.69, 9.17) is 14.6 Å². The van der Waals surface area contributed by atoms with Gasteiger partial charge in [0.25, 0.3) is 0 Å². The van der Waals surface area contributed by atoms with E-state index < -0.39 is 12.1 Å². The molecule has 2 rings (SSSR count). The SMILES string of the molecule is CCCCCC(CC)OC(=O)N(C)c1cc(C)ccc1-c1ccsc1.O=C(O)C(F)(F)F. The highest BCUT2D eigenvalue weighted by molar-refractivity contribution is 7.08. The number of anilines is 1. The number of alkyl halides is 3. The first kappa shape index (κ1) is 27.5. The second-order valence-electron chi connectivity index (χ2n) is 7.30. The zero-order valence-electron chi connectivity index (χ0n) is 18.7. The second kappa shape index (κ2) is 13.1. The van der Waals surface area contributed by atoms with Gasteiger partial charge in [0.05, 0.1) is 5.69 Å². The van der Waals surface area contributed by atoms with E-state index in [0.29, 0.717) is 0 Å². The molecule has 0 aliphatic heterocycles. The normalized spacial score (nSPS) is 11.8. The third-order valence-electron chi connectivity index (χ3n) is 4.72. The van der Waals surface area contributed by atoms with E-state index in [9.17, 15) is 18.0 Å². The van der Waals surface area contributed by atoms with Crippen molar-refractivity contribution in [3.8, 4) is 11.1 Å². The van der Waals surface area contributed by atoms with Gasteiger partial charge in [0.2, 0.25) is 0 Å². The van der Waals surface area contributed by atoms with Gasteiger partial charge in [0.1, 0.15) is 6.10 Å². The number of carboxylic acid groups (broad SMARTS) is 1. The highest BCUT2D eigenvalue weighted by Gasteiger charge is 2.38. The van der Waals surface area contributed by atoms with Crippen molar-refractivity contribution in [1.29, 1.82) is 0 Å². The molecular formula is C23H30F3NO4S. The number of carbonyl (C=O) groups excluding carboxylic acids is 1. The summed E-state index contributed by atoms with van der Waals surface area (Å²) in [7, 11) is 1.80. The number of nitrogens with zero attached hydrogens (tertiary/aromatic N) is 1. The Bertz CT molecular complexity index is 853. The number of aryl methyl sites for hydroxylation is 1. The largest absolute Gasteiger partial charge is 0.490 e. The van der Waals surface area contributed by atoms with E-state index in [1.807, 2.05) is 13.0 Å². The molecule has 1 amide bonds. The summed E-state index contributed by atoms with van der Waals surface area (Å²) in [5.74, 6) is -2.76. The number of unbranched alkanes of at least 4 members (excludes halogenated alkanes) is 2. The van der Waals surface area contributed by atoms with Gasteiger partial charge < -0.3 is 9.84 Å². The zero-order chi connectivity index (χ0) is 24.3. The molecule has 0 saturated heterocycles. The van der Waals surface area contributed by atoms with Gasteiger partial charge in [-0.25, -0.2) is 9.59 Å². The fourth-order valence-corrected chi connectivity index (χ4v) is 3.53. The Morgan fingerprint density at radius 1 is 1.19 bits per heavy atom. The van der Waals surface area contributed by atoms with Crippen molar-refractivity contribution in [2.45, 2.75) is 65.2 Å². The van der Waals surface area contributed by atoms with Crippen LogP contribution in [0.4, 0.5) is 23.7 Å². The Morgan fingerprint density at radius 2 is 1.84 bits per heavy atom. The number of thiophene rings is 1. The molecule has 0 spiro atoms. The van der Waals surface area contributed by atoms with Crippen molar-refractivity contribution in [3.63, 3.8) is 0 Å². The molecule has 1 heterocycles.